The number of hydrogen-bond acceptors (Lipinski definition) is 7. The van der Waals surface area contributed by atoms with Crippen LogP contribution in [0.3, 0.4) is 0 Å². The van der Waals surface area contributed by atoms with E-state index in [0.717, 1.165) is 54.9 Å². The van der Waals surface area contributed by atoms with Gasteiger partial charge in [-0.3, -0.25) is 4.72 Å². The fraction of sp³-hybridized carbons (Fsp3) is 0.357. The van der Waals surface area contributed by atoms with Gasteiger partial charge in [-0.2, -0.15) is 0 Å². The Morgan fingerprint density at radius 3 is 2.62 bits per heavy atom. The number of benzene rings is 2. The maximum absolute atomic E-state index is 14.5. The number of likely N-dealkylation sites (tertiary alicyclic amines) is 1. The van der Waals surface area contributed by atoms with Crippen molar-refractivity contribution in [1.82, 2.24) is 19.4 Å². The summed E-state index contributed by atoms with van der Waals surface area (Å²) >= 11 is 0. The van der Waals surface area contributed by atoms with E-state index in [1.54, 1.807) is 25.3 Å². The van der Waals surface area contributed by atoms with Gasteiger partial charge in [-0.05, 0) is 92.9 Å². The highest BCUT2D eigenvalue weighted by Gasteiger charge is 2.22. The summed E-state index contributed by atoms with van der Waals surface area (Å²) < 4.78 is 50.3. The Morgan fingerprint density at radius 2 is 1.90 bits per heavy atom. The van der Waals surface area contributed by atoms with E-state index in [-0.39, 0.29) is 11.6 Å². The molecule has 0 amide bonds. The number of nitrogens with one attached hydrogen (secondary N) is 1. The first-order valence-corrected chi connectivity index (χ1v) is 15.4. The van der Waals surface area contributed by atoms with Gasteiger partial charge in [0.05, 0.1) is 18.1 Å². The van der Waals surface area contributed by atoms with Gasteiger partial charge in [0, 0.05) is 18.3 Å². The first kappa shape index (κ1) is 28.3. The number of ether oxygens (including phenoxy) is 1. The molecule has 12 heteroatoms. The predicted molar refractivity (Wildman–Crippen MR) is 160 cm³/mol. The summed E-state index contributed by atoms with van der Waals surface area (Å²) in [5, 5.41) is 0. The SMILES string of the molecule is COc1ncc(-c2ccc3nc(N)n(CCCN4CCC(P)CC4)c3c2)cc1NS(=O)(=O)c1ccc(C)cc1F. The van der Waals surface area contributed by atoms with Crippen molar-refractivity contribution in [2.75, 3.05) is 37.2 Å². The monoisotopic (exact) mass is 584 g/mol. The lowest BCUT2D eigenvalue weighted by atomic mass is 10.1. The number of nitrogen functional groups attached to an aromatic ring is 1. The van der Waals surface area contributed by atoms with Crippen LogP contribution in [0.4, 0.5) is 16.0 Å². The van der Waals surface area contributed by atoms with Crippen molar-refractivity contribution < 1.29 is 17.5 Å². The third-order valence-corrected chi connectivity index (χ3v) is 9.33. The van der Waals surface area contributed by atoms with Crippen LogP contribution < -0.4 is 15.2 Å². The summed E-state index contributed by atoms with van der Waals surface area (Å²) in [6.07, 6.45) is 4.97. The van der Waals surface area contributed by atoms with Gasteiger partial charge in [0.25, 0.3) is 10.0 Å². The van der Waals surface area contributed by atoms with Gasteiger partial charge in [-0.1, -0.05) is 12.1 Å². The van der Waals surface area contributed by atoms with Crippen molar-refractivity contribution >= 4 is 41.9 Å². The molecule has 3 heterocycles. The molecule has 2 aromatic heterocycles. The third kappa shape index (κ3) is 6.06. The Bertz CT molecular complexity index is 1640. The maximum atomic E-state index is 14.5. The first-order valence-electron chi connectivity index (χ1n) is 13.2. The molecule has 0 bridgehead atoms. The topological polar surface area (TPSA) is 115 Å². The molecule has 0 radical (unpaired) electrons. The van der Waals surface area contributed by atoms with Crippen molar-refractivity contribution in [3.63, 3.8) is 0 Å². The molecule has 0 aliphatic carbocycles. The zero-order valence-corrected chi connectivity index (χ0v) is 24.6. The van der Waals surface area contributed by atoms with E-state index in [1.165, 1.54) is 32.1 Å². The molecule has 3 N–H and O–H groups in total. The van der Waals surface area contributed by atoms with Crippen molar-refractivity contribution in [3.8, 4) is 17.0 Å². The minimum absolute atomic E-state index is 0.0703. The Morgan fingerprint density at radius 1 is 1.12 bits per heavy atom. The van der Waals surface area contributed by atoms with Crippen molar-refractivity contribution in [3.05, 3.63) is 60.0 Å². The van der Waals surface area contributed by atoms with E-state index in [4.69, 9.17) is 10.5 Å². The van der Waals surface area contributed by atoms with E-state index in [9.17, 15) is 12.8 Å². The molecule has 1 fully saturated rings. The summed E-state index contributed by atoms with van der Waals surface area (Å²) in [5.41, 5.74) is 10.8. The molecule has 5 rings (SSSR count). The summed E-state index contributed by atoms with van der Waals surface area (Å²) in [7, 11) is 0.0895. The second-order valence-electron chi connectivity index (χ2n) is 10.2. The van der Waals surface area contributed by atoms with Gasteiger partial charge >= 0.3 is 0 Å². The average Bonchev–Trinajstić information content (AvgIpc) is 3.23. The smallest absolute Gasteiger partial charge is 0.264 e. The Labute approximate surface area is 236 Å². The third-order valence-electron chi connectivity index (χ3n) is 7.27. The van der Waals surface area contributed by atoms with Crippen LogP contribution in [0.2, 0.25) is 0 Å². The predicted octanol–water partition coefficient (Wildman–Crippen LogP) is 4.67. The first-order chi connectivity index (χ1) is 19.1. The second kappa shape index (κ2) is 11.7. The number of imidazole rings is 1. The standard InChI is InChI=1S/C28H34FN6O3PS/c1-18-4-7-26(22(29)14-18)40(36,37)33-24-15-20(17-31-27(24)38-2)19-5-6-23-25(16-19)35(28(30)32-23)11-3-10-34-12-8-21(39)9-13-34/h4-7,14-17,21,33H,3,8-13,39H2,1-2H3,(H2,30,32). The lowest BCUT2D eigenvalue weighted by Crippen LogP contribution is -2.34. The number of aromatic nitrogens is 3. The maximum Gasteiger partial charge on any atom is 0.264 e. The van der Waals surface area contributed by atoms with Crippen LogP contribution in [0.5, 0.6) is 5.88 Å². The summed E-state index contributed by atoms with van der Waals surface area (Å²) in [6.45, 7) is 5.66. The molecule has 1 aliphatic rings. The number of rotatable bonds is 9. The second-order valence-corrected chi connectivity index (χ2v) is 12.8. The highest BCUT2D eigenvalue weighted by molar-refractivity contribution is 7.92. The zero-order valence-electron chi connectivity index (χ0n) is 22.6. The minimum atomic E-state index is -4.23. The molecule has 1 unspecified atom stereocenters. The van der Waals surface area contributed by atoms with E-state index in [0.29, 0.717) is 17.1 Å². The number of hydrogen-bond donors (Lipinski definition) is 2. The molecule has 2 aromatic carbocycles. The number of methoxy groups -OCH3 is 1. The molecule has 40 heavy (non-hydrogen) atoms. The number of pyridine rings is 1. The van der Waals surface area contributed by atoms with Crippen molar-refractivity contribution in [1.29, 1.82) is 0 Å². The van der Waals surface area contributed by atoms with E-state index < -0.39 is 20.7 Å². The number of nitrogens with zero attached hydrogens (tertiary/aromatic N) is 4. The normalized spacial score (nSPS) is 15.0. The van der Waals surface area contributed by atoms with Gasteiger partial charge in [0.1, 0.15) is 16.4 Å². The van der Waals surface area contributed by atoms with Gasteiger partial charge in [-0.15, -0.1) is 9.24 Å². The lowest BCUT2D eigenvalue weighted by molar-refractivity contribution is 0.227. The molecule has 0 spiro atoms. The van der Waals surface area contributed by atoms with Crippen LogP contribution >= 0.6 is 9.24 Å². The number of fused-ring (bicyclic) bond motifs is 1. The van der Waals surface area contributed by atoms with Crippen LogP contribution in [0.15, 0.2) is 53.6 Å². The fourth-order valence-corrected chi connectivity index (χ4v) is 6.46. The molecule has 9 nitrogen and oxygen atoms in total. The highest BCUT2D eigenvalue weighted by Crippen LogP contribution is 2.32. The lowest BCUT2D eigenvalue weighted by Gasteiger charge is -2.30. The largest absolute Gasteiger partial charge is 0.480 e. The molecule has 1 saturated heterocycles. The summed E-state index contributed by atoms with van der Waals surface area (Å²) in [4.78, 5) is 10.9. The summed E-state index contributed by atoms with van der Waals surface area (Å²) in [6, 6.07) is 11.3. The number of aryl methyl sites for hydroxylation is 2. The average molecular weight is 585 g/mol. The van der Waals surface area contributed by atoms with E-state index >= 15 is 0 Å². The van der Waals surface area contributed by atoms with Gasteiger partial charge < -0.3 is 19.9 Å². The molecule has 4 aromatic rings. The van der Waals surface area contributed by atoms with Gasteiger partial charge in [0.15, 0.2) is 0 Å². The van der Waals surface area contributed by atoms with Crippen molar-refractivity contribution in [2.45, 2.75) is 43.3 Å². The van der Waals surface area contributed by atoms with Crippen LogP contribution in [-0.4, -0.2) is 60.3 Å². The van der Waals surface area contributed by atoms with Gasteiger partial charge in [0.2, 0.25) is 11.8 Å². The van der Waals surface area contributed by atoms with Crippen LogP contribution in [0, 0.1) is 12.7 Å². The Hall–Kier alpha value is -3.27. The molecule has 212 valence electrons. The number of halogens is 1. The molecule has 1 aliphatic heterocycles. The Balaban J connectivity index is 1.40. The van der Waals surface area contributed by atoms with Crippen LogP contribution in [0.1, 0.15) is 24.8 Å². The van der Waals surface area contributed by atoms with Crippen LogP contribution in [0.25, 0.3) is 22.2 Å². The molecular formula is C28H34FN6O3PS. The fourth-order valence-electron chi connectivity index (χ4n) is 5.05. The number of anilines is 2. The van der Waals surface area contributed by atoms with Crippen LogP contribution in [-0.2, 0) is 16.6 Å². The molecule has 0 saturated carbocycles. The Kier molecular flexibility index (Phi) is 8.26. The number of sulfonamides is 1. The molecular weight excluding hydrogens is 550 g/mol. The summed E-state index contributed by atoms with van der Waals surface area (Å²) in [5.74, 6) is -0.307. The zero-order chi connectivity index (χ0) is 28.4. The van der Waals surface area contributed by atoms with Crippen molar-refractivity contribution in [2.24, 2.45) is 0 Å². The number of nitrogens with two attached hydrogens (primary N) is 1. The highest BCUT2D eigenvalue weighted by atomic mass is 32.2. The molecule has 1 atom stereocenters. The van der Waals surface area contributed by atoms with Gasteiger partial charge in [-0.25, -0.2) is 22.8 Å². The van der Waals surface area contributed by atoms with E-state index in [2.05, 4.69) is 28.8 Å². The minimum Gasteiger partial charge on any atom is -0.480 e. The number of piperidine rings is 1. The van der Waals surface area contributed by atoms with E-state index in [1.807, 2.05) is 22.8 Å². The quantitative estimate of drug-likeness (QED) is 0.275.